The maximum absolute atomic E-state index is 12.1. The molecule has 21 heavy (non-hydrogen) atoms. The van der Waals surface area contributed by atoms with Gasteiger partial charge in [-0.1, -0.05) is 11.6 Å². The molecule has 0 amide bonds. The first-order chi connectivity index (χ1) is 9.86. The van der Waals surface area contributed by atoms with E-state index in [4.69, 9.17) is 16.3 Å². The number of nitro groups is 1. The standard InChI is InChI=1S/C12H10ClN3O5/c1-6-10(13)14-12(18)15(11(6)17)7-3-4-9(21-2)8(5-7)16(19)20/h3-5H,1-2H3,(H,14,18). The van der Waals surface area contributed by atoms with Crippen molar-refractivity contribution in [1.29, 1.82) is 0 Å². The normalized spacial score (nSPS) is 10.4. The van der Waals surface area contributed by atoms with E-state index in [9.17, 15) is 19.7 Å². The van der Waals surface area contributed by atoms with Gasteiger partial charge in [0.2, 0.25) is 0 Å². The highest BCUT2D eigenvalue weighted by Crippen LogP contribution is 2.28. The number of H-pyrrole nitrogens is 1. The van der Waals surface area contributed by atoms with Crippen molar-refractivity contribution in [3.05, 3.63) is 59.9 Å². The first-order valence-electron chi connectivity index (χ1n) is 5.71. The van der Waals surface area contributed by atoms with Crippen LogP contribution in [0, 0.1) is 17.0 Å². The number of methoxy groups -OCH3 is 1. The summed E-state index contributed by atoms with van der Waals surface area (Å²) >= 11 is 5.71. The summed E-state index contributed by atoms with van der Waals surface area (Å²) in [6.45, 7) is 1.44. The Labute approximate surface area is 122 Å². The van der Waals surface area contributed by atoms with Crippen LogP contribution < -0.4 is 16.0 Å². The number of halogens is 1. The first-order valence-corrected chi connectivity index (χ1v) is 6.09. The average Bonchev–Trinajstić information content (AvgIpc) is 2.44. The summed E-state index contributed by atoms with van der Waals surface area (Å²) in [5.41, 5.74) is -1.60. The molecule has 0 aliphatic carbocycles. The number of benzene rings is 1. The maximum Gasteiger partial charge on any atom is 0.334 e. The predicted molar refractivity (Wildman–Crippen MR) is 75.6 cm³/mol. The third kappa shape index (κ3) is 2.52. The average molecular weight is 312 g/mol. The van der Waals surface area contributed by atoms with E-state index in [-0.39, 0.29) is 27.8 Å². The van der Waals surface area contributed by atoms with Crippen molar-refractivity contribution in [2.45, 2.75) is 6.92 Å². The highest BCUT2D eigenvalue weighted by molar-refractivity contribution is 6.30. The Morgan fingerprint density at radius 3 is 2.62 bits per heavy atom. The van der Waals surface area contributed by atoms with Crippen LogP contribution in [0.4, 0.5) is 5.69 Å². The van der Waals surface area contributed by atoms with Crippen LogP contribution in [0.1, 0.15) is 5.56 Å². The molecule has 0 saturated heterocycles. The van der Waals surface area contributed by atoms with Crippen LogP contribution >= 0.6 is 11.6 Å². The molecule has 1 heterocycles. The Hall–Kier alpha value is -2.61. The van der Waals surface area contributed by atoms with Gasteiger partial charge in [-0.25, -0.2) is 9.36 Å². The Balaban J connectivity index is 2.78. The number of hydrogen-bond donors (Lipinski definition) is 1. The number of hydrogen-bond acceptors (Lipinski definition) is 5. The van der Waals surface area contributed by atoms with Crippen LogP contribution in [0.5, 0.6) is 5.75 Å². The fraction of sp³-hybridized carbons (Fsp3) is 0.167. The van der Waals surface area contributed by atoms with Gasteiger partial charge in [-0.05, 0) is 19.1 Å². The van der Waals surface area contributed by atoms with Crippen molar-refractivity contribution in [2.75, 3.05) is 7.11 Å². The van der Waals surface area contributed by atoms with Crippen molar-refractivity contribution in [3.8, 4) is 11.4 Å². The smallest absolute Gasteiger partial charge is 0.334 e. The van der Waals surface area contributed by atoms with E-state index in [1.165, 1.54) is 26.2 Å². The lowest BCUT2D eigenvalue weighted by Crippen LogP contribution is -2.35. The molecule has 2 rings (SSSR count). The number of rotatable bonds is 3. The quantitative estimate of drug-likeness (QED) is 0.524. The van der Waals surface area contributed by atoms with E-state index in [0.717, 1.165) is 10.6 Å². The van der Waals surface area contributed by atoms with E-state index in [1.54, 1.807) is 0 Å². The van der Waals surface area contributed by atoms with Crippen LogP contribution in [0.3, 0.4) is 0 Å². The lowest BCUT2D eigenvalue weighted by Gasteiger charge is -2.08. The van der Waals surface area contributed by atoms with Crippen molar-refractivity contribution in [3.63, 3.8) is 0 Å². The summed E-state index contributed by atoms with van der Waals surface area (Å²) in [7, 11) is 1.29. The van der Waals surface area contributed by atoms with Crippen LogP contribution in [0.2, 0.25) is 5.15 Å². The lowest BCUT2D eigenvalue weighted by atomic mass is 10.2. The molecular formula is C12H10ClN3O5. The fourth-order valence-electron chi connectivity index (χ4n) is 1.79. The monoisotopic (exact) mass is 311 g/mol. The van der Waals surface area contributed by atoms with Gasteiger partial charge < -0.3 is 4.74 Å². The Morgan fingerprint density at radius 1 is 1.38 bits per heavy atom. The van der Waals surface area contributed by atoms with Gasteiger partial charge in [-0.3, -0.25) is 19.9 Å². The Bertz CT molecular complexity index is 840. The molecule has 0 radical (unpaired) electrons. The van der Waals surface area contributed by atoms with Crippen LogP contribution in [0.15, 0.2) is 27.8 Å². The van der Waals surface area contributed by atoms with E-state index >= 15 is 0 Å². The highest BCUT2D eigenvalue weighted by atomic mass is 35.5. The number of nitro benzene ring substituents is 1. The molecule has 1 aromatic heterocycles. The van der Waals surface area contributed by atoms with E-state index in [0.29, 0.717) is 0 Å². The topological polar surface area (TPSA) is 107 Å². The fourth-order valence-corrected chi connectivity index (χ4v) is 1.95. The molecule has 0 atom stereocenters. The van der Waals surface area contributed by atoms with E-state index in [2.05, 4.69) is 4.98 Å². The number of nitrogens with one attached hydrogen (secondary N) is 1. The summed E-state index contributed by atoms with van der Waals surface area (Å²) in [5.74, 6) is 0.0268. The zero-order chi connectivity index (χ0) is 15.7. The Morgan fingerprint density at radius 2 is 2.05 bits per heavy atom. The van der Waals surface area contributed by atoms with Gasteiger partial charge in [-0.2, -0.15) is 0 Å². The molecule has 8 nitrogen and oxygen atoms in total. The second-order valence-electron chi connectivity index (χ2n) is 4.12. The molecule has 0 saturated carbocycles. The molecule has 0 spiro atoms. The molecule has 0 fully saturated rings. The third-order valence-corrected chi connectivity index (χ3v) is 3.27. The maximum atomic E-state index is 12.1. The summed E-state index contributed by atoms with van der Waals surface area (Å²) in [6.07, 6.45) is 0. The predicted octanol–water partition coefficient (Wildman–Crippen LogP) is 1.40. The summed E-state index contributed by atoms with van der Waals surface area (Å²) < 4.78 is 5.64. The minimum absolute atomic E-state index is 0.0268. The summed E-state index contributed by atoms with van der Waals surface area (Å²) in [4.78, 5) is 36.6. The van der Waals surface area contributed by atoms with Gasteiger partial charge >= 0.3 is 11.4 Å². The molecule has 0 aliphatic heterocycles. The second kappa shape index (κ2) is 5.41. The highest BCUT2D eigenvalue weighted by Gasteiger charge is 2.18. The van der Waals surface area contributed by atoms with Crippen molar-refractivity contribution >= 4 is 17.3 Å². The SMILES string of the molecule is COc1ccc(-n2c(=O)[nH]c(Cl)c(C)c2=O)cc1[N+](=O)[O-]. The zero-order valence-corrected chi connectivity index (χ0v) is 11.8. The van der Waals surface area contributed by atoms with E-state index in [1.807, 2.05) is 0 Å². The van der Waals surface area contributed by atoms with Gasteiger partial charge in [0.05, 0.1) is 23.3 Å². The molecule has 1 aromatic carbocycles. The minimum Gasteiger partial charge on any atom is -0.490 e. The second-order valence-corrected chi connectivity index (χ2v) is 4.50. The van der Waals surface area contributed by atoms with E-state index < -0.39 is 16.2 Å². The third-order valence-electron chi connectivity index (χ3n) is 2.89. The van der Waals surface area contributed by atoms with Crippen molar-refractivity contribution < 1.29 is 9.66 Å². The first kappa shape index (κ1) is 14.8. The Kier molecular flexibility index (Phi) is 3.81. The van der Waals surface area contributed by atoms with Crippen LogP contribution in [-0.2, 0) is 0 Å². The lowest BCUT2D eigenvalue weighted by molar-refractivity contribution is -0.385. The molecule has 0 aliphatic rings. The molecule has 0 unspecified atom stereocenters. The van der Waals surface area contributed by atoms with Crippen LogP contribution in [0.25, 0.3) is 5.69 Å². The molecule has 0 bridgehead atoms. The zero-order valence-electron chi connectivity index (χ0n) is 11.0. The van der Waals surface area contributed by atoms with Gasteiger partial charge in [0.25, 0.3) is 5.56 Å². The molecule has 1 N–H and O–H groups in total. The number of aromatic amines is 1. The number of nitrogens with zero attached hydrogens (tertiary/aromatic N) is 2. The number of ether oxygens (including phenoxy) is 1. The molecule has 110 valence electrons. The summed E-state index contributed by atoms with van der Waals surface area (Å²) in [5, 5.41) is 10.9. The van der Waals surface area contributed by atoms with Gasteiger partial charge in [0.15, 0.2) is 5.75 Å². The van der Waals surface area contributed by atoms with Gasteiger partial charge in [0, 0.05) is 6.07 Å². The van der Waals surface area contributed by atoms with Crippen LogP contribution in [-0.4, -0.2) is 21.6 Å². The molecule has 2 aromatic rings. The van der Waals surface area contributed by atoms with Crippen molar-refractivity contribution in [1.82, 2.24) is 9.55 Å². The minimum atomic E-state index is -0.782. The molecule has 9 heteroatoms. The largest absolute Gasteiger partial charge is 0.490 e. The van der Waals surface area contributed by atoms with Gasteiger partial charge in [-0.15, -0.1) is 0 Å². The van der Waals surface area contributed by atoms with Gasteiger partial charge in [0.1, 0.15) is 5.15 Å². The molecular weight excluding hydrogens is 302 g/mol. The summed E-state index contributed by atoms with van der Waals surface area (Å²) in [6, 6.07) is 3.77. The number of aromatic nitrogens is 2. The van der Waals surface area contributed by atoms with Crippen molar-refractivity contribution in [2.24, 2.45) is 0 Å².